The Morgan fingerprint density at radius 3 is 2.06 bits per heavy atom. The minimum atomic E-state index is -4.58. The first-order chi connectivity index (χ1) is 8.35. The van der Waals surface area contributed by atoms with Gasteiger partial charge in [0.2, 0.25) is 0 Å². The molecule has 0 saturated heterocycles. The van der Waals surface area contributed by atoms with E-state index in [9.17, 15) is 13.2 Å². The molecule has 0 heterocycles. The Balaban J connectivity index is 3.40. The van der Waals surface area contributed by atoms with Gasteiger partial charge in [0, 0.05) is 11.6 Å². The topological polar surface area (TPSA) is 53.7 Å². The summed E-state index contributed by atoms with van der Waals surface area (Å²) in [6.07, 6.45) is -4.58. The fourth-order valence-electron chi connectivity index (χ4n) is 1.49. The molecule has 1 atom stereocenters. The van der Waals surface area contributed by atoms with Gasteiger partial charge in [-0.25, -0.2) is 0 Å². The van der Waals surface area contributed by atoms with Crippen molar-refractivity contribution in [1.29, 1.82) is 0 Å². The summed E-state index contributed by atoms with van der Waals surface area (Å²) >= 11 is 0. The maximum absolute atomic E-state index is 12.7. The second-order valence-corrected chi connectivity index (χ2v) is 3.47. The number of hydrogen-bond donors (Lipinski definition) is 1. The molecule has 0 spiro atoms. The summed E-state index contributed by atoms with van der Waals surface area (Å²) in [4.78, 5) is 0. The SMILES string of the molecule is COc1cc(OC)c(OC)c([C@@H](N)C(F)(F)F)c1. The normalized spacial score (nSPS) is 13.1. The zero-order valence-corrected chi connectivity index (χ0v) is 10.2. The molecule has 0 bridgehead atoms. The monoisotopic (exact) mass is 265 g/mol. The van der Waals surface area contributed by atoms with E-state index in [-0.39, 0.29) is 22.8 Å². The molecular formula is C11H14F3NO3. The van der Waals surface area contributed by atoms with Crippen molar-refractivity contribution in [3.63, 3.8) is 0 Å². The first kappa shape index (κ1) is 14.4. The molecule has 1 aromatic rings. The van der Waals surface area contributed by atoms with Gasteiger partial charge in [0.05, 0.1) is 21.3 Å². The predicted octanol–water partition coefficient (Wildman–Crippen LogP) is 2.27. The van der Waals surface area contributed by atoms with E-state index in [1.54, 1.807) is 0 Å². The van der Waals surface area contributed by atoms with Crippen LogP contribution in [0.1, 0.15) is 11.6 Å². The first-order valence-corrected chi connectivity index (χ1v) is 4.97. The zero-order chi connectivity index (χ0) is 13.9. The molecule has 1 rings (SSSR count). The third-order valence-electron chi connectivity index (χ3n) is 2.40. The van der Waals surface area contributed by atoms with Crippen LogP contribution < -0.4 is 19.9 Å². The van der Waals surface area contributed by atoms with E-state index >= 15 is 0 Å². The van der Waals surface area contributed by atoms with Crippen molar-refractivity contribution in [3.05, 3.63) is 17.7 Å². The van der Waals surface area contributed by atoms with Crippen molar-refractivity contribution in [3.8, 4) is 17.2 Å². The Morgan fingerprint density at radius 2 is 1.67 bits per heavy atom. The first-order valence-electron chi connectivity index (χ1n) is 4.97. The number of rotatable bonds is 4. The summed E-state index contributed by atoms with van der Waals surface area (Å²) < 4.78 is 52.8. The number of methoxy groups -OCH3 is 3. The summed E-state index contributed by atoms with van der Waals surface area (Å²) in [5.41, 5.74) is 4.94. The molecule has 0 amide bonds. The molecule has 2 N–H and O–H groups in total. The standard InChI is InChI=1S/C11H14F3NO3/c1-16-6-4-7(10(15)11(12,13)14)9(18-3)8(5-6)17-2/h4-5,10H,15H2,1-3H3/t10-/m1/s1. The van der Waals surface area contributed by atoms with E-state index in [0.29, 0.717) is 0 Å². The fourth-order valence-corrected chi connectivity index (χ4v) is 1.49. The number of alkyl halides is 3. The van der Waals surface area contributed by atoms with Crippen LogP contribution in [0.3, 0.4) is 0 Å². The summed E-state index contributed by atoms with van der Waals surface area (Å²) in [5, 5.41) is 0. The highest BCUT2D eigenvalue weighted by Crippen LogP contribution is 2.42. The van der Waals surface area contributed by atoms with E-state index in [2.05, 4.69) is 0 Å². The van der Waals surface area contributed by atoms with Crippen LogP contribution in [-0.4, -0.2) is 27.5 Å². The third-order valence-corrected chi connectivity index (χ3v) is 2.40. The second kappa shape index (κ2) is 5.34. The largest absolute Gasteiger partial charge is 0.497 e. The van der Waals surface area contributed by atoms with Gasteiger partial charge >= 0.3 is 6.18 Å². The van der Waals surface area contributed by atoms with Gasteiger partial charge in [-0.15, -0.1) is 0 Å². The number of nitrogens with two attached hydrogens (primary N) is 1. The molecule has 1 aromatic carbocycles. The Morgan fingerprint density at radius 1 is 1.06 bits per heavy atom. The van der Waals surface area contributed by atoms with Crippen molar-refractivity contribution in [1.82, 2.24) is 0 Å². The zero-order valence-electron chi connectivity index (χ0n) is 10.2. The minimum absolute atomic E-state index is 0.0527. The van der Waals surface area contributed by atoms with Gasteiger partial charge < -0.3 is 19.9 Å². The molecular weight excluding hydrogens is 251 g/mol. The molecule has 0 aliphatic rings. The third kappa shape index (κ3) is 2.79. The summed E-state index contributed by atoms with van der Waals surface area (Å²) in [7, 11) is 3.90. The van der Waals surface area contributed by atoms with Gasteiger partial charge in [0.15, 0.2) is 11.5 Å². The van der Waals surface area contributed by atoms with E-state index in [1.165, 1.54) is 33.5 Å². The van der Waals surface area contributed by atoms with Gasteiger partial charge in [-0.05, 0) is 6.07 Å². The van der Waals surface area contributed by atoms with Crippen molar-refractivity contribution >= 4 is 0 Å². The Kier molecular flexibility index (Phi) is 4.28. The van der Waals surface area contributed by atoms with Crippen LogP contribution in [0.15, 0.2) is 12.1 Å². The predicted molar refractivity (Wildman–Crippen MR) is 59.1 cm³/mol. The van der Waals surface area contributed by atoms with Gasteiger partial charge in [0.25, 0.3) is 0 Å². The molecule has 102 valence electrons. The molecule has 0 saturated carbocycles. The molecule has 0 unspecified atom stereocenters. The second-order valence-electron chi connectivity index (χ2n) is 3.47. The van der Waals surface area contributed by atoms with Gasteiger partial charge in [-0.3, -0.25) is 0 Å². The van der Waals surface area contributed by atoms with E-state index in [4.69, 9.17) is 19.9 Å². The van der Waals surface area contributed by atoms with Gasteiger partial charge in [-0.1, -0.05) is 0 Å². The van der Waals surface area contributed by atoms with Gasteiger partial charge in [-0.2, -0.15) is 13.2 Å². The number of ether oxygens (including phenoxy) is 3. The lowest BCUT2D eigenvalue weighted by atomic mass is 10.0. The van der Waals surface area contributed by atoms with Crippen LogP contribution in [0.5, 0.6) is 17.2 Å². The Bertz CT molecular complexity index is 421. The molecule has 18 heavy (non-hydrogen) atoms. The van der Waals surface area contributed by atoms with Crippen LogP contribution in [-0.2, 0) is 0 Å². The van der Waals surface area contributed by atoms with Crippen LogP contribution in [0.4, 0.5) is 13.2 Å². The smallest absolute Gasteiger partial charge is 0.407 e. The Labute approximate surface area is 102 Å². The molecule has 0 aliphatic carbocycles. The minimum Gasteiger partial charge on any atom is -0.497 e. The summed E-state index contributed by atoms with van der Waals surface area (Å²) in [5.74, 6) is 0.289. The molecule has 4 nitrogen and oxygen atoms in total. The fraction of sp³-hybridized carbons (Fsp3) is 0.455. The van der Waals surface area contributed by atoms with Gasteiger partial charge in [0.1, 0.15) is 11.8 Å². The molecule has 0 aromatic heterocycles. The lowest BCUT2D eigenvalue weighted by Gasteiger charge is -2.21. The average Bonchev–Trinajstić information content (AvgIpc) is 2.34. The lowest BCUT2D eigenvalue weighted by Crippen LogP contribution is -2.29. The number of hydrogen-bond acceptors (Lipinski definition) is 4. The summed E-state index contributed by atoms with van der Waals surface area (Å²) in [6, 6.07) is 0.432. The highest BCUT2D eigenvalue weighted by molar-refractivity contribution is 5.53. The maximum Gasteiger partial charge on any atom is 0.407 e. The van der Waals surface area contributed by atoms with Crippen LogP contribution in [0, 0.1) is 0 Å². The van der Waals surface area contributed by atoms with Crippen molar-refractivity contribution in [2.75, 3.05) is 21.3 Å². The maximum atomic E-state index is 12.7. The molecule has 0 radical (unpaired) electrons. The Hall–Kier alpha value is -1.63. The molecule has 0 fully saturated rings. The average molecular weight is 265 g/mol. The number of halogens is 3. The van der Waals surface area contributed by atoms with Crippen molar-refractivity contribution < 1.29 is 27.4 Å². The molecule has 7 heteroatoms. The van der Waals surface area contributed by atoms with E-state index < -0.39 is 12.2 Å². The van der Waals surface area contributed by atoms with Crippen LogP contribution >= 0.6 is 0 Å². The van der Waals surface area contributed by atoms with Crippen LogP contribution in [0.2, 0.25) is 0 Å². The van der Waals surface area contributed by atoms with Crippen LogP contribution in [0.25, 0.3) is 0 Å². The van der Waals surface area contributed by atoms with E-state index in [0.717, 1.165) is 0 Å². The number of benzene rings is 1. The van der Waals surface area contributed by atoms with Crippen molar-refractivity contribution in [2.45, 2.75) is 12.2 Å². The quantitative estimate of drug-likeness (QED) is 0.907. The van der Waals surface area contributed by atoms with E-state index in [1.807, 2.05) is 0 Å². The van der Waals surface area contributed by atoms with Crippen molar-refractivity contribution in [2.24, 2.45) is 5.73 Å². The lowest BCUT2D eigenvalue weighted by molar-refractivity contribution is -0.149. The highest BCUT2D eigenvalue weighted by atomic mass is 19.4. The highest BCUT2D eigenvalue weighted by Gasteiger charge is 2.40. The molecule has 0 aliphatic heterocycles. The summed E-state index contributed by atoms with van der Waals surface area (Å²) in [6.45, 7) is 0.